The lowest BCUT2D eigenvalue weighted by atomic mass is 9.79. The molecule has 0 heterocycles. The van der Waals surface area contributed by atoms with Crippen molar-refractivity contribution in [1.29, 1.82) is 0 Å². The molecule has 152 valence electrons. The second-order valence-electron chi connectivity index (χ2n) is 7.23. The molecule has 0 bridgehead atoms. The molecular weight excluding hydrogens is 390 g/mol. The van der Waals surface area contributed by atoms with Gasteiger partial charge in [-0.2, -0.15) is 8.42 Å². The summed E-state index contributed by atoms with van der Waals surface area (Å²) in [6, 6.07) is 6.71. The summed E-state index contributed by atoms with van der Waals surface area (Å²) in [5.41, 5.74) is 0. The highest BCUT2D eigenvalue weighted by molar-refractivity contribution is 7.85. The summed E-state index contributed by atoms with van der Waals surface area (Å²) in [7, 11) is -1.60. The molecule has 1 amide bonds. The van der Waals surface area contributed by atoms with E-state index >= 15 is 0 Å². The molecule has 0 unspecified atom stereocenters. The van der Waals surface area contributed by atoms with E-state index in [1.807, 2.05) is 0 Å². The Morgan fingerprint density at radius 3 is 2.22 bits per heavy atom. The number of hydrogen-bond acceptors (Lipinski definition) is 5. The first-order valence-electron chi connectivity index (χ1n) is 9.26. The molecule has 6 nitrogen and oxygen atoms in total. The van der Waals surface area contributed by atoms with Gasteiger partial charge in [0.1, 0.15) is 5.75 Å². The SMILES string of the molecule is CN(CCC1CCC(CCOS(C)(=O)=O)CC1)C(=O)Oc1ccc(Cl)cc1. The minimum absolute atomic E-state index is 0.271. The van der Waals surface area contributed by atoms with Gasteiger partial charge in [0.05, 0.1) is 12.9 Å². The van der Waals surface area contributed by atoms with Gasteiger partial charge in [-0.05, 0) is 48.9 Å². The van der Waals surface area contributed by atoms with E-state index < -0.39 is 10.1 Å². The van der Waals surface area contributed by atoms with Crippen LogP contribution in [0, 0.1) is 11.8 Å². The van der Waals surface area contributed by atoms with E-state index in [0.717, 1.165) is 44.8 Å². The number of carbonyl (C=O) groups is 1. The van der Waals surface area contributed by atoms with Crippen LogP contribution in [-0.4, -0.2) is 45.9 Å². The first kappa shape index (κ1) is 22.0. The molecule has 0 aliphatic heterocycles. The molecule has 8 heteroatoms. The van der Waals surface area contributed by atoms with Gasteiger partial charge in [0.25, 0.3) is 10.1 Å². The van der Waals surface area contributed by atoms with Crippen molar-refractivity contribution in [1.82, 2.24) is 4.90 Å². The van der Waals surface area contributed by atoms with Gasteiger partial charge in [-0.25, -0.2) is 4.79 Å². The molecule has 1 aromatic carbocycles. The van der Waals surface area contributed by atoms with E-state index in [2.05, 4.69) is 0 Å². The Balaban J connectivity index is 1.64. The molecule has 0 radical (unpaired) electrons. The maximum Gasteiger partial charge on any atom is 0.414 e. The first-order valence-corrected chi connectivity index (χ1v) is 11.5. The third kappa shape index (κ3) is 8.49. The van der Waals surface area contributed by atoms with E-state index in [-0.39, 0.29) is 12.7 Å². The Labute approximate surface area is 166 Å². The molecule has 1 aliphatic carbocycles. The Hall–Kier alpha value is -1.31. The summed E-state index contributed by atoms with van der Waals surface area (Å²) in [6.45, 7) is 0.923. The van der Waals surface area contributed by atoms with Crippen molar-refractivity contribution in [3.8, 4) is 5.75 Å². The van der Waals surface area contributed by atoms with Crippen LogP contribution in [0.15, 0.2) is 24.3 Å². The summed E-state index contributed by atoms with van der Waals surface area (Å²) in [4.78, 5) is 13.7. The average molecular weight is 418 g/mol. The fourth-order valence-electron chi connectivity index (χ4n) is 3.32. The number of ether oxygens (including phenoxy) is 1. The Morgan fingerprint density at radius 1 is 1.11 bits per heavy atom. The lowest BCUT2D eigenvalue weighted by molar-refractivity contribution is 0.154. The predicted molar refractivity (Wildman–Crippen MR) is 106 cm³/mol. The zero-order valence-corrected chi connectivity index (χ0v) is 17.5. The Kier molecular flexibility index (Phi) is 8.38. The van der Waals surface area contributed by atoms with E-state index in [0.29, 0.717) is 29.2 Å². The molecule has 1 aromatic rings. The maximum atomic E-state index is 12.1. The number of rotatable bonds is 8. The minimum atomic E-state index is -3.34. The highest BCUT2D eigenvalue weighted by Crippen LogP contribution is 2.32. The van der Waals surface area contributed by atoms with Crippen molar-refractivity contribution in [2.75, 3.05) is 26.5 Å². The quantitative estimate of drug-likeness (QED) is 0.588. The van der Waals surface area contributed by atoms with Gasteiger partial charge in [0.15, 0.2) is 0 Å². The molecule has 1 saturated carbocycles. The fraction of sp³-hybridized carbons (Fsp3) is 0.632. The van der Waals surface area contributed by atoms with Crippen LogP contribution in [0.1, 0.15) is 38.5 Å². The second kappa shape index (κ2) is 10.3. The van der Waals surface area contributed by atoms with Crippen molar-refractivity contribution >= 4 is 27.8 Å². The molecule has 0 spiro atoms. The van der Waals surface area contributed by atoms with Crippen LogP contribution in [0.5, 0.6) is 5.75 Å². The summed E-state index contributed by atoms with van der Waals surface area (Å²) < 4.78 is 32.1. The standard InChI is InChI=1S/C19H28ClNO5S/c1-21(19(22)26-18-9-7-17(20)8-10-18)13-11-15-3-5-16(6-4-15)12-14-25-27(2,23)24/h7-10,15-16H,3-6,11-14H2,1-2H3. The summed E-state index contributed by atoms with van der Waals surface area (Å²) >= 11 is 5.82. The number of benzene rings is 1. The molecule has 0 saturated heterocycles. The van der Waals surface area contributed by atoms with Crippen LogP contribution >= 0.6 is 11.6 Å². The molecule has 27 heavy (non-hydrogen) atoms. The molecular formula is C19H28ClNO5S. The molecule has 1 fully saturated rings. The Morgan fingerprint density at radius 2 is 1.67 bits per heavy atom. The van der Waals surface area contributed by atoms with Gasteiger partial charge < -0.3 is 9.64 Å². The zero-order chi connectivity index (χ0) is 19.9. The highest BCUT2D eigenvalue weighted by atomic mass is 35.5. The van der Waals surface area contributed by atoms with Crippen LogP contribution in [-0.2, 0) is 14.3 Å². The fourth-order valence-corrected chi connectivity index (χ4v) is 3.85. The summed E-state index contributed by atoms with van der Waals surface area (Å²) in [5, 5.41) is 0.599. The van der Waals surface area contributed by atoms with Crippen molar-refractivity contribution in [2.45, 2.75) is 38.5 Å². The normalized spacial score (nSPS) is 20.3. The third-order valence-corrected chi connectivity index (χ3v) is 5.84. The van der Waals surface area contributed by atoms with E-state index in [1.165, 1.54) is 0 Å². The van der Waals surface area contributed by atoms with Crippen LogP contribution in [0.4, 0.5) is 4.79 Å². The van der Waals surface area contributed by atoms with Gasteiger partial charge in [0, 0.05) is 18.6 Å². The second-order valence-corrected chi connectivity index (χ2v) is 9.31. The predicted octanol–water partition coefficient (Wildman–Crippen LogP) is 4.33. The monoisotopic (exact) mass is 417 g/mol. The molecule has 1 aliphatic rings. The summed E-state index contributed by atoms with van der Waals surface area (Å²) in [6.07, 6.45) is 6.80. The van der Waals surface area contributed by atoms with Crippen molar-refractivity contribution in [2.24, 2.45) is 11.8 Å². The van der Waals surface area contributed by atoms with Crippen LogP contribution in [0.2, 0.25) is 5.02 Å². The molecule has 0 aromatic heterocycles. The number of hydrogen-bond donors (Lipinski definition) is 0. The van der Waals surface area contributed by atoms with Crippen LogP contribution in [0.3, 0.4) is 0 Å². The minimum Gasteiger partial charge on any atom is -0.410 e. The number of carbonyl (C=O) groups excluding carboxylic acids is 1. The molecule has 2 rings (SSSR count). The van der Waals surface area contributed by atoms with Crippen LogP contribution < -0.4 is 4.74 Å². The van der Waals surface area contributed by atoms with Gasteiger partial charge >= 0.3 is 6.09 Å². The van der Waals surface area contributed by atoms with Crippen molar-refractivity contribution < 1.29 is 22.1 Å². The number of nitrogens with zero attached hydrogens (tertiary/aromatic N) is 1. The van der Waals surface area contributed by atoms with E-state index in [9.17, 15) is 13.2 Å². The van der Waals surface area contributed by atoms with Gasteiger partial charge in [-0.15, -0.1) is 0 Å². The van der Waals surface area contributed by atoms with E-state index in [1.54, 1.807) is 36.2 Å². The smallest absolute Gasteiger partial charge is 0.410 e. The van der Waals surface area contributed by atoms with Gasteiger partial charge in [-0.3, -0.25) is 4.18 Å². The number of amides is 1. The van der Waals surface area contributed by atoms with Gasteiger partial charge in [0.2, 0.25) is 0 Å². The topological polar surface area (TPSA) is 72.9 Å². The lowest BCUT2D eigenvalue weighted by Gasteiger charge is -2.29. The zero-order valence-electron chi connectivity index (χ0n) is 15.9. The highest BCUT2D eigenvalue weighted by Gasteiger charge is 2.22. The van der Waals surface area contributed by atoms with Gasteiger partial charge in [-0.1, -0.05) is 37.3 Å². The van der Waals surface area contributed by atoms with Crippen LogP contribution in [0.25, 0.3) is 0 Å². The lowest BCUT2D eigenvalue weighted by Crippen LogP contribution is -2.32. The molecule has 0 atom stereocenters. The first-order chi connectivity index (χ1) is 12.7. The Bertz CT molecular complexity index is 699. The van der Waals surface area contributed by atoms with Crippen molar-refractivity contribution in [3.63, 3.8) is 0 Å². The number of halogens is 1. The third-order valence-electron chi connectivity index (χ3n) is 4.99. The largest absolute Gasteiger partial charge is 0.414 e. The summed E-state index contributed by atoms with van der Waals surface area (Å²) in [5.74, 6) is 1.59. The molecule has 0 N–H and O–H groups in total. The van der Waals surface area contributed by atoms with E-state index in [4.69, 9.17) is 20.5 Å². The average Bonchev–Trinajstić information content (AvgIpc) is 2.61. The van der Waals surface area contributed by atoms with Crippen molar-refractivity contribution in [3.05, 3.63) is 29.3 Å². The maximum absolute atomic E-state index is 12.1.